The molecule has 1 aromatic heterocycles. The molecular formula is C18H27N3. The van der Waals surface area contributed by atoms with Crippen LogP contribution >= 0.6 is 0 Å². The van der Waals surface area contributed by atoms with Crippen LogP contribution in [-0.2, 0) is 26.7 Å². The van der Waals surface area contributed by atoms with E-state index in [-0.39, 0.29) is 0 Å². The summed E-state index contributed by atoms with van der Waals surface area (Å²) in [6.07, 6.45) is 2.08. The van der Waals surface area contributed by atoms with E-state index in [1.165, 1.54) is 16.8 Å². The third-order valence-corrected chi connectivity index (χ3v) is 4.01. The van der Waals surface area contributed by atoms with Gasteiger partial charge < -0.3 is 9.88 Å². The van der Waals surface area contributed by atoms with Crippen LogP contribution in [0.3, 0.4) is 0 Å². The van der Waals surface area contributed by atoms with E-state index in [0.29, 0.717) is 0 Å². The zero-order valence-corrected chi connectivity index (χ0v) is 13.5. The molecule has 0 bridgehead atoms. The molecule has 0 atom stereocenters. The van der Waals surface area contributed by atoms with Crippen molar-refractivity contribution in [3.05, 3.63) is 59.4 Å². The number of rotatable bonds is 8. The van der Waals surface area contributed by atoms with Gasteiger partial charge in [-0.3, -0.25) is 4.90 Å². The lowest BCUT2D eigenvalue weighted by Gasteiger charge is -2.18. The van der Waals surface area contributed by atoms with E-state index in [0.717, 1.165) is 32.7 Å². The number of aryl methyl sites for hydroxylation is 1. The second-order valence-corrected chi connectivity index (χ2v) is 5.49. The smallest absolute Gasteiger partial charge is 0.0362 e. The lowest BCUT2D eigenvalue weighted by molar-refractivity contribution is 0.296. The number of benzene rings is 1. The van der Waals surface area contributed by atoms with Gasteiger partial charge in [-0.1, -0.05) is 38.1 Å². The van der Waals surface area contributed by atoms with Gasteiger partial charge in [0, 0.05) is 38.6 Å². The Morgan fingerprint density at radius 2 is 1.62 bits per heavy atom. The lowest BCUT2D eigenvalue weighted by Crippen LogP contribution is -2.22. The van der Waals surface area contributed by atoms with Crippen molar-refractivity contribution in [1.82, 2.24) is 14.8 Å². The highest BCUT2D eigenvalue weighted by Crippen LogP contribution is 2.08. The topological polar surface area (TPSA) is 20.2 Å². The van der Waals surface area contributed by atoms with Crippen LogP contribution in [0.1, 0.15) is 30.7 Å². The van der Waals surface area contributed by atoms with Gasteiger partial charge in [-0.2, -0.15) is 0 Å². The molecule has 0 aliphatic rings. The Hall–Kier alpha value is -1.58. The normalized spacial score (nSPS) is 11.2. The SMILES string of the molecule is CCN(CC)Cc1ccc(CNCc2cccn2C)cc1. The van der Waals surface area contributed by atoms with E-state index in [9.17, 15) is 0 Å². The minimum absolute atomic E-state index is 0.907. The molecule has 1 aromatic carbocycles. The van der Waals surface area contributed by atoms with Gasteiger partial charge in [-0.25, -0.2) is 0 Å². The van der Waals surface area contributed by atoms with Gasteiger partial charge in [-0.05, 0) is 36.3 Å². The summed E-state index contributed by atoms with van der Waals surface area (Å²) in [7, 11) is 2.08. The van der Waals surface area contributed by atoms with Gasteiger partial charge in [-0.15, -0.1) is 0 Å². The van der Waals surface area contributed by atoms with E-state index in [1.807, 2.05) is 0 Å². The highest BCUT2D eigenvalue weighted by molar-refractivity contribution is 5.22. The van der Waals surface area contributed by atoms with Gasteiger partial charge in [0.2, 0.25) is 0 Å². The van der Waals surface area contributed by atoms with Gasteiger partial charge in [0.15, 0.2) is 0 Å². The Bertz CT molecular complexity index is 524. The number of nitrogens with one attached hydrogen (secondary N) is 1. The van der Waals surface area contributed by atoms with Crippen LogP contribution in [0, 0.1) is 0 Å². The van der Waals surface area contributed by atoms with E-state index < -0.39 is 0 Å². The van der Waals surface area contributed by atoms with Crippen LogP contribution in [0.4, 0.5) is 0 Å². The molecule has 114 valence electrons. The second kappa shape index (κ2) is 8.01. The second-order valence-electron chi connectivity index (χ2n) is 5.49. The number of hydrogen-bond donors (Lipinski definition) is 1. The van der Waals surface area contributed by atoms with Crippen molar-refractivity contribution in [2.24, 2.45) is 7.05 Å². The molecule has 1 N–H and O–H groups in total. The summed E-state index contributed by atoms with van der Waals surface area (Å²) in [6, 6.07) is 13.2. The van der Waals surface area contributed by atoms with Gasteiger partial charge >= 0.3 is 0 Å². The van der Waals surface area contributed by atoms with E-state index in [1.54, 1.807) is 0 Å². The Morgan fingerprint density at radius 3 is 2.19 bits per heavy atom. The fraction of sp³-hybridized carbons (Fsp3) is 0.444. The number of aromatic nitrogens is 1. The maximum Gasteiger partial charge on any atom is 0.0362 e. The summed E-state index contributed by atoms with van der Waals surface area (Å²) in [5, 5.41) is 3.50. The van der Waals surface area contributed by atoms with Crippen molar-refractivity contribution < 1.29 is 0 Å². The molecule has 21 heavy (non-hydrogen) atoms. The first-order chi connectivity index (χ1) is 10.2. The van der Waals surface area contributed by atoms with Crippen LogP contribution in [0.15, 0.2) is 42.6 Å². The molecule has 0 amide bonds. The Balaban J connectivity index is 1.81. The molecule has 3 nitrogen and oxygen atoms in total. The highest BCUT2D eigenvalue weighted by Gasteiger charge is 2.01. The number of nitrogens with zero attached hydrogens (tertiary/aromatic N) is 2. The average molecular weight is 285 g/mol. The zero-order valence-electron chi connectivity index (χ0n) is 13.5. The van der Waals surface area contributed by atoms with Gasteiger partial charge in [0.25, 0.3) is 0 Å². The monoisotopic (exact) mass is 285 g/mol. The molecule has 0 radical (unpaired) electrons. The average Bonchev–Trinajstić information content (AvgIpc) is 2.92. The largest absolute Gasteiger partial charge is 0.353 e. The molecule has 0 fully saturated rings. The van der Waals surface area contributed by atoms with Crippen LogP contribution in [-0.4, -0.2) is 22.6 Å². The highest BCUT2D eigenvalue weighted by atomic mass is 15.1. The third kappa shape index (κ3) is 4.73. The molecular weight excluding hydrogens is 258 g/mol. The predicted molar refractivity (Wildman–Crippen MR) is 89.0 cm³/mol. The first kappa shape index (κ1) is 15.8. The summed E-state index contributed by atoms with van der Waals surface area (Å²) in [6.45, 7) is 9.51. The van der Waals surface area contributed by atoms with Crippen LogP contribution in [0.25, 0.3) is 0 Å². The van der Waals surface area contributed by atoms with Gasteiger partial charge in [0.05, 0.1) is 0 Å². The van der Waals surface area contributed by atoms with Crippen LogP contribution in [0.5, 0.6) is 0 Å². The molecule has 0 aliphatic heterocycles. The summed E-state index contributed by atoms with van der Waals surface area (Å²) in [4.78, 5) is 2.43. The van der Waals surface area contributed by atoms with Crippen molar-refractivity contribution in [1.29, 1.82) is 0 Å². The first-order valence-corrected chi connectivity index (χ1v) is 7.84. The minimum atomic E-state index is 0.907. The van der Waals surface area contributed by atoms with E-state index in [4.69, 9.17) is 0 Å². The lowest BCUT2D eigenvalue weighted by atomic mass is 10.1. The first-order valence-electron chi connectivity index (χ1n) is 7.84. The van der Waals surface area contributed by atoms with Crippen LogP contribution in [0.2, 0.25) is 0 Å². The third-order valence-electron chi connectivity index (χ3n) is 4.01. The van der Waals surface area contributed by atoms with Crippen LogP contribution < -0.4 is 5.32 Å². The fourth-order valence-corrected chi connectivity index (χ4v) is 2.48. The Morgan fingerprint density at radius 1 is 0.952 bits per heavy atom. The standard InChI is InChI=1S/C18H27N3/c1-4-21(5-2)15-17-10-8-16(9-11-17)13-19-14-18-7-6-12-20(18)3/h6-12,19H,4-5,13-15H2,1-3H3. The molecule has 0 spiro atoms. The Labute approximate surface area is 128 Å². The minimum Gasteiger partial charge on any atom is -0.353 e. The summed E-state index contributed by atoms with van der Waals surface area (Å²) >= 11 is 0. The predicted octanol–water partition coefficient (Wildman–Crippen LogP) is 3.16. The quantitative estimate of drug-likeness (QED) is 0.804. The molecule has 0 saturated heterocycles. The molecule has 0 saturated carbocycles. The fourth-order valence-electron chi connectivity index (χ4n) is 2.48. The van der Waals surface area contributed by atoms with Crippen molar-refractivity contribution in [2.75, 3.05) is 13.1 Å². The van der Waals surface area contributed by atoms with Crippen molar-refractivity contribution in [2.45, 2.75) is 33.5 Å². The molecule has 0 aliphatic carbocycles. The van der Waals surface area contributed by atoms with E-state index in [2.05, 4.69) is 78.3 Å². The molecule has 1 heterocycles. The summed E-state index contributed by atoms with van der Waals surface area (Å²) < 4.78 is 2.15. The maximum atomic E-state index is 3.50. The van der Waals surface area contributed by atoms with Crippen molar-refractivity contribution in [3.63, 3.8) is 0 Å². The molecule has 0 unspecified atom stereocenters. The van der Waals surface area contributed by atoms with E-state index >= 15 is 0 Å². The number of hydrogen-bond acceptors (Lipinski definition) is 2. The summed E-state index contributed by atoms with van der Waals surface area (Å²) in [5.41, 5.74) is 4.05. The Kier molecular flexibility index (Phi) is 6.03. The molecule has 3 heteroatoms. The van der Waals surface area contributed by atoms with Crippen molar-refractivity contribution >= 4 is 0 Å². The summed E-state index contributed by atoms with van der Waals surface area (Å²) in [5.74, 6) is 0. The van der Waals surface area contributed by atoms with Gasteiger partial charge in [0.1, 0.15) is 0 Å². The molecule has 2 aromatic rings. The maximum absolute atomic E-state index is 3.50. The van der Waals surface area contributed by atoms with Crippen molar-refractivity contribution in [3.8, 4) is 0 Å². The molecule has 2 rings (SSSR count). The zero-order chi connectivity index (χ0) is 15.1.